The van der Waals surface area contributed by atoms with Gasteiger partial charge < -0.3 is 4.90 Å². The fourth-order valence-corrected chi connectivity index (χ4v) is 2.24. The highest BCUT2D eigenvalue weighted by molar-refractivity contribution is 5.78. The topological polar surface area (TPSA) is 47.3 Å². The highest BCUT2D eigenvalue weighted by Crippen LogP contribution is 2.10. The highest BCUT2D eigenvalue weighted by atomic mass is 16.2. The Morgan fingerprint density at radius 3 is 2.47 bits per heavy atom. The molecule has 0 spiro atoms. The summed E-state index contributed by atoms with van der Waals surface area (Å²) in [5.74, 6) is 0.190. The van der Waals surface area contributed by atoms with E-state index in [2.05, 4.69) is 13.0 Å². The molecule has 0 atom stereocenters. The summed E-state index contributed by atoms with van der Waals surface area (Å²) in [4.78, 5) is 16.0. The highest BCUT2D eigenvalue weighted by Gasteiger charge is 2.17. The van der Waals surface area contributed by atoms with Crippen LogP contribution in [0, 0.1) is 11.3 Å². The SMILES string of the molecule is CCCN(CC#N)CC(=O)N1CCCCCC1. The number of nitriles is 1. The first kappa shape index (κ1) is 14.0. The molecule has 1 aliphatic heterocycles. The van der Waals surface area contributed by atoms with E-state index >= 15 is 0 Å². The van der Waals surface area contributed by atoms with Gasteiger partial charge in [-0.15, -0.1) is 0 Å². The van der Waals surface area contributed by atoms with Crippen LogP contribution in [0.3, 0.4) is 0 Å². The van der Waals surface area contributed by atoms with Crippen molar-refractivity contribution in [1.29, 1.82) is 5.26 Å². The van der Waals surface area contributed by atoms with Crippen molar-refractivity contribution in [2.45, 2.75) is 39.0 Å². The van der Waals surface area contributed by atoms with Crippen molar-refractivity contribution in [3.63, 3.8) is 0 Å². The summed E-state index contributed by atoms with van der Waals surface area (Å²) < 4.78 is 0. The Kier molecular flexibility index (Phi) is 6.64. The third-order valence-electron chi connectivity index (χ3n) is 3.15. The van der Waals surface area contributed by atoms with Crippen molar-refractivity contribution in [2.75, 3.05) is 32.7 Å². The number of amides is 1. The molecule has 0 saturated carbocycles. The minimum atomic E-state index is 0.190. The molecule has 0 aromatic rings. The molecule has 0 unspecified atom stereocenters. The Balaban J connectivity index is 2.41. The molecule has 0 aliphatic carbocycles. The van der Waals surface area contributed by atoms with Gasteiger partial charge in [0.25, 0.3) is 0 Å². The molecule has 1 rings (SSSR count). The van der Waals surface area contributed by atoms with Gasteiger partial charge in [-0.25, -0.2) is 0 Å². The molecule has 1 heterocycles. The molecule has 1 amide bonds. The van der Waals surface area contributed by atoms with Crippen molar-refractivity contribution in [2.24, 2.45) is 0 Å². The van der Waals surface area contributed by atoms with Crippen LogP contribution in [0.25, 0.3) is 0 Å². The van der Waals surface area contributed by atoms with Crippen LogP contribution in [0.4, 0.5) is 0 Å². The lowest BCUT2D eigenvalue weighted by Gasteiger charge is -2.24. The largest absolute Gasteiger partial charge is 0.342 e. The first-order valence-corrected chi connectivity index (χ1v) is 6.65. The fourth-order valence-electron chi connectivity index (χ4n) is 2.24. The van der Waals surface area contributed by atoms with E-state index in [4.69, 9.17) is 5.26 Å². The van der Waals surface area contributed by atoms with Crippen LogP contribution >= 0.6 is 0 Å². The summed E-state index contributed by atoms with van der Waals surface area (Å²) >= 11 is 0. The van der Waals surface area contributed by atoms with Gasteiger partial charge in [-0.1, -0.05) is 19.8 Å². The molecule has 96 valence electrons. The van der Waals surface area contributed by atoms with Gasteiger partial charge in [0, 0.05) is 13.1 Å². The van der Waals surface area contributed by atoms with Gasteiger partial charge in [-0.3, -0.25) is 9.69 Å². The summed E-state index contributed by atoms with van der Waals surface area (Å²) in [5, 5.41) is 8.71. The summed E-state index contributed by atoms with van der Waals surface area (Å²) in [5.41, 5.74) is 0. The number of nitrogens with zero attached hydrogens (tertiary/aromatic N) is 3. The Labute approximate surface area is 104 Å². The zero-order chi connectivity index (χ0) is 12.5. The number of rotatable bonds is 5. The Morgan fingerprint density at radius 1 is 1.29 bits per heavy atom. The zero-order valence-electron chi connectivity index (χ0n) is 10.8. The maximum absolute atomic E-state index is 12.1. The predicted molar refractivity (Wildman–Crippen MR) is 67.4 cm³/mol. The zero-order valence-corrected chi connectivity index (χ0v) is 10.8. The average molecular weight is 237 g/mol. The van der Waals surface area contributed by atoms with Gasteiger partial charge in [0.2, 0.25) is 5.91 Å². The smallest absolute Gasteiger partial charge is 0.236 e. The molecule has 0 aromatic carbocycles. The number of carbonyl (C=O) groups is 1. The van der Waals surface area contributed by atoms with Gasteiger partial charge in [0.15, 0.2) is 0 Å². The normalized spacial score (nSPS) is 16.6. The molecule has 1 fully saturated rings. The third kappa shape index (κ3) is 5.18. The van der Waals surface area contributed by atoms with E-state index in [0.717, 1.165) is 38.9 Å². The molecule has 1 saturated heterocycles. The molecule has 4 heteroatoms. The van der Waals surface area contributed by atoms with Crippen molar-refractivity contribution < 1.29 is 4.79 Å². The summed E-state index contributed by atoms with van der Waals surface area (Å²) in [6.45, 7) is 5.44. The van der Waals surface area contributed by atoms with Crippen LogP contribution in [0.5, 0.6) is 0 Å². The maximum Gasteiger partial charge on any atom is 0.236 e. The van der Waals surface area contributed by atoms with E-state index in [0.29, 0.717) is 13.1 Å². The van der Waals surface area contributed by atoms with Crippen LogP contribution in [0.2, 0.25) is 0 Å². The quantitative estimate of drug-likeness (QED) is 0.683. The molecule has 0 N–H and O–H groups in total. The van der Waals surface area contributed by atoms with Crippen molar-refractivity contribution in [3.8, 4) is 6.07 Å². The number of likely N-dealkylation sites (tertiary alicyclic amines) is 1. The molecular formula is C13H23N3O. The second-order valence-electron chi connectivity index (χ2n) is 4.66. The van der Waals surface area contributed by atoms with Gasteiger partial charge in [0.1, 0.15) is 0 Å². The molecule has 0 radical (unpaired) electrons. The second-order valence-corrected chi connectivity index (χ2v) is 4.66. The van der Waals surface area contributed by atoms with E-state index in [1.165, 1.54) is 12.8 Å². The van der Waals surface area contributed by atoms with Gasteiger partial charge in [-0.2, -0.15) is 5.26 Å². The van der Waals surface area contributed by atoms with E-state index in [1.54, 1.807) is 0 Å². The Morgan fingerprint density at radius 2 is 1.94 bits per heavy atom. The fraction of sp³-hybridized carbons (Fsp3) is 0.846. The Bertz CT molecular complexity index is 264. The Hall–Kier alpha value is -1.08. The lowest BCUT2D eigenvalue weighted by Crippen LogP contribution is -2.41. The predicted octanol–water partition coefficient (Wildman–Crippen LogP) is 1.62. The van der Waals surface area contributed by atoms with Crippen LogP contribution in [0.15, 0.2) is 0 Å². The summed E-state index contributed by atoms with van der Waals surface area (Å²) in [6, 6.07) is 2.13. The van der Waals surface area contributed by atoms with Gasteiger partial charge in [-0.05, 0) is 25.8 Å². The third-order valence-corrected chi connectivity index (χ3v) is 3.15. The van der Waals surface area contributed by atoms with E-state index < -0.39 is 0 Å². The lowest BCUT2D eigenvalue weighted by atomic mass is 10.2. The molecule has 4 nitrogen and oxygen atoms in total. The van der Waals surface area contributed by atoms with Gasteiger partial charge >= 0.3 is 0 Å². The van der Waals surface area contributed by atoms with Crippen molar-refractivity contribution >= 4 is 5.91 Å². The monoisotopic (exact) mass is 237 g/mol. The summed E-state index contributed by atoms with van der Waals surface area (Å²) in [7, 11) is 0. The molecule has 17 heavy (non-hydrogen) atoms. The molecular weight excluding hydrogens is 214 g/mol. The van der Waals surface area contributed by atoms with Crippen LogP contribution in [-0.4, -0.2) is 48.4 Å². The molecule has 1 aliphatic rings. The standard InChI is InChI=1S/C13H23N3O/c1-2-8-15(11-7-14)12-13(17)16-9-5-3-4-6-10-16/h2-6,8-12H2,1H3. The van der Waals surface area contributed by atoms with Crippen LogP contribution < -0.4 is 0 Å². The van der Waals surface area contributed by atoms with E-state index in [9.17, 15) is 4.79 Å². The lowest BCUT2D eigenvalue weighted by molar-refractivity contribution is -0.132. The first-order chi connectivity index (χ1) is 8.27. The summed E-state index contributed by atoms with van der Waals surface area (Å²) in [6.07, 6.45) is 5.70. The number of carbonyl (C=O) groups excluding carboxylic acids is 1. The average Bonchev–Trinajstić information content (AvgIpc) is 2.58. The van der Waals surface area contributed by atoms with Crippen LogP contribution in [0.1, 0.15) is 39.0 Å². The minimum absolute atomic E-state index is 0.190. The van der Waals surface area contributed by atoms with E-state index in [1.807, 2.05) is 9.80 Å². The number of hydrogen-bond acceptors (Lipinski definition) is 3. The van der Waals surface area contributed by atoms with Crippen molar-refractivity contribution in [1.82, 2.24) is 9.80 Å². The van der Waals surface area contributed by atoms with Crippen LogP contribution in [-0.2, 0) is 4.79 Å². The minimum Gasteiger partial charge on any atom is -0.342 e. The maximum atomic E-state index is 12.1. The first-order valence-electron chi connectivity index (χ1n) is 6.65. The molecule has 0 aromatic heterocycles. The van der Waals surface area contributed by atoms with Gasteiger partial charge in [0.05, 0.1) is 19.2 Å². The van der Waals surface area contributed by atoms with Crippen molar-refractivity contribution in [3.05, 3.63) is 0 Å². The second kappa shape index (κ2) is 8.08. The van der Waals surface area contributed by atoms with E-state index in [-0.39, 0.29) is 5.91 Å². The molecule has 0 bridgehead atoms. The number of hydrogen-bond donors (Lipinski definition) is 0.